The van der Waals surface area contributed by atoms with Crippen LogP contribution in [0.2, 0.25) is 0 Å². The van der Waals surface area contributed by atoms with Gasteiger partial charge < -0.3 is 19.3 Å². The van der Waals surface area contributed by atoms with E-state index < -0.39 is 5.97 Å². The Hall–Kier alpha value is -2.57. The number of rotatable bonds is 5. The monoisotopic (exact) mass is 362 g/mol. The zero-order valence-corrected chi connectivity index (χ0v) is 15.6. The van der Waals surface area contributed by atoms with Crippen molar-refractivity contribution in [2.45, 2.75) is 26.2 Å². The Bertz CT molecular complexity index is 674. The number of carbonyl (C=O) groups excluding carboxylic acids is 3. The van der Waals surface area contributed by atoms with Crippen LogP contribution in [0, 0.1) is 6.92 Å². The van der Waals surface area contributed by atoms with E-state index >= 15 is 0 Å². The number of carbonyl (C=O) groups is 3. The molecular formula is C19H26N2O5. The lowest BCUT2D eigenvalue weighted by atomic mass is 10.1. The molecule has 0 atom stereocenters. The van der Waals surface area contributed by atoms with Crippen LogP contribution in [-0.4, -0.2) is 68.0 Å². The molecule has 0 bridgehead atoms. The minimum atomic E-state index is -0.392. The van der Waals surface area contributed by atoms with E-state index in [9.17, 15) is 14.4 Å². The molecule has 26 heavy (non-hydrogen) atoms. The summed E-state index contributed by atoms with van der Waals surface area (Å²) in [6.07, 6.45) is 0.908. The van der Waals surface area contributed by atoms with Crippen molar-refractivity contribution in [3.8, 4) is 5.75 Å². The Morgan fingerprint density at radius 3 is 2.38 bits per heavy atom. The van der Waals surface area contributed by atoms with Crippen molar-refractivity contribution >= 4 is 17.8 Å². The van der Waals surface area contributed by atoms with Crippen molar-refractivity contribution in [2.75, 3.05) is 40.4 Å². The predicted molar refractivity (Wildman–Crippen MR) is 96.1 cm³/mol. The number of aryl methyl sites for hydroxylation is 1. The molecule has 7 nitrogen and oxygen atoms in total. The average molecular weight is 362 g/mol. The fraction of sp³-hybridized carbons (Fsp3) is 0.526. The third-order valence-electron chi connectivity index (χ3n) is 4.49. The molecule has 0 N–H and O–H groups in total. The van der Waals surface area contributed by atoms with Crippen molar-refractivity contribution in [1.29, 1.82) is 0 Å². The lowest BCUT2D eigenvalue weighted by Crippen LogP contribution is -2.37. The second-order valence-corrected chi connectivity index (χ2v) is 6.31. The number of benzene rings is 1. The topological polar surface area (TPSA) is 76.2 Å². The minimum Gasteiger partial charge on any atom is -0.496 e. The largest absolute Gasteiger partial charge is 0.496 e. The quantitative estimate of drug-likeness (QED) is 0.744. The van der Waals surface area contributed by atoms with E-state index in [1.165, 1.54) is 7.11 Å². The van der Waals surface area contributed by atoms with Crippen LogP contribution in [0.3, 0.4) is 0 Å². The van der Waals surface area contributed by atoms with Gasteiger partial charge in [0.05, 0.1) is 26.2 Å². The molecule has 1 aromatic carbocycles. The lowest BCUT2D eigenvalue weighted by molar-refractivity contribution is -0.143. The van der Waals surface area contributed by atoms with Gasteiger partial charge in [0.2, 0.25) is 5.91 Å². The normalized spacial score (nSPS) is 14.6. The van der Waals surface area contributed by atoms with Gasteiger partial charge in [0, 0.05) is 32.6 Å². The molecule has 2 rings (SSSR count). The molecule has 0 aromatic heterocycles. The van der Waals surface area contributed by atoms with Gasteiger partial charge in [-0.05, 0) is 25.5 Å². The van der Waals surface area contributed by atoms with E-state index in [0.717, 1.165) is 5.56 Å². The first-order valence-corrected chi connectivity index (χ1v) is 8.74. The molecule has 142 valence electrons. The van der Waals surface area contributed by atoms with Crippen LogP contribution in [0.4, 0.5) is 0 Å². The number of ether oxygens (including phenoxy) is 2. The highest BCUT2D eigenvalue weighted by atomic mass is 16.5. The maximum Gasteiger partial charge on any atom is 0.306 e. The zero-order valence-electron chi connectivity index (χ0n) is 15.6. The summed E-state index contributed by atoms with van der Waals surface area (Å²) in [6, 6.07) is 5.52. The lowest BCUT2D eigenvalue weighted by Gasteiger charge is -2.23. The SMILES string of the molecule is COC(=O)CCC(=O)N1CCCN(C(=O)c2cc(C)ccc2OC)CC1. The first kappa shape index (κ1) is 19.8. The summed E-state index contributed by atoms with van der Waals surface area (Å²) in [5.74, 6) is -0.0142. The summed E-state index contributed by atoms with van der Waals surface area (Å²) in [5.41, 5.74) is 1.53. The Kier molecular flexibility index (Phi) is 7.00. The second kappa shape index (κ2) is 9.22. The molecule has 1 heterocycles. The minimum absolute atomic E-state index is 0.0783. The van der Waals surface area contributed by atoms with Gasteiger partial charge in [-0.2, -0.15) is 0 Å². The highest BCUT2D eigenvalue weighted by molar-refractivity contribution is 5.97. The first-order chi connectivity index (χ1) is 12.5. The number of methoxy groups -OCH3 is 2. The smallest absolute Gasteiger partial charge is 0.306 e. The molecule has 0 saturated carbocycles. The Morgan fingerprint density at radius 1 is 1.00 bits per heavy atom. The summed E-state index contributed by atoms with van der Waals surface area (Å²) in [6.45, 7) is 4.01. The second-order valence-electron chi connectivity index (χ2n) is 6.31. The molecule has 1 aliphatic heterocycles. The van der Waals surface area contributed by atoms with Crippen LogP contribution in [0.25, 0.3) is 0 Å². The van der Waals surface area contributed by atoms with Crippen molar-refractivity contribution < 1.29 is 23.9 Å². The number of esters is 1. The summed E-state index contributed by atoms with van der Waals surface area (Å²) in [7, 11) is 2.85. The van der Waals surface area contributed by atoms with Crippen LogP contribution in [-0.2, 0) is 14.3 Å². The summed E-state index contributed by atoms with van der Waals surface area (Å²) in [4.78, 5) is 39.8. The Labute approximate surface area is 153 Å². The molecule has 0 spiro atoms. The van der Waals surface area contributed by atoms with Crippen molar-refractivity contribution in [2.24, 2.45) is 0 Å². The molecule has 1 aliphatic rings. The molecule has 0 radical (unpaired) electrons. The molecular weight excluding hydrogens is 336 g/mol. The molecule has 1 fully saturated rings. The summed E-state index contributed by atoms with van der Waals surface area (Å²) < 4.78 is 9.88. The maximum atomic E-state index is 12.9. The molecule has 0 aliphatic carbocycles. The predicted octanol–water partition coefficient (Wildman–Crippen LogP) is 1.63. The van der Waals surface area contributed by atoms with Gasteiger partial charge in [-0.25, -0.2) is 0 Å². The van der Waals surface area contributed by atoms with Gasteiger partial charge in [-0.15, -0.1) is 0 Å². The van der Waals surface area contributed by atoms with E-state index in [2.05, 4.69) is 4.74 Å². The average Bonchev–Trinajstić information content (AvgIpc) is 2.91. The van der Waals surface area contributed by atoms with Crippen LogP contribution >= 0.6 is 0 Å². The van der Waals surface area contributed by atoms with Crippen molar-refractivity contribution in [3.63, 3.8) is 0 Å². The third kappa shape index (κ3) is 4.97. The van der Waals surface area contributed by atoms with Crippen LogP contribution in [0.15, 0.2) is 18.2 Å². The molecule has 1 saturated heterocycles. The molecule has 0 unspecified atom stereocenters. The van der Waals surface area contributed by atoms with E-state index in [1.54, 1.807) is 23.0 Å². The Morgan fingerprint density at radius 2 is 1.69 bits per heavy atom. The van der Waals surface area contributed by atoms with Gasteiger partial charge in [-0.1, -0.05) is 11.6 Å². The fourth-order valence-corrected chi connectivity index (χ4v) is 3.00. The fourth-order valence-electron chi connectivity index (χ4n) is 3.00. The Balaban J connectivity index is 2.00. The number of amides is 2. The summed E-state index contributed by atoms with van der Waals surface area (Å²) in [5, 5.41) is 0. The highest BCUT2D eigenvalue weighted by Gasteiger charge is 2.24. The number of hydrogen-bond donors (Lipinski definition) is 0. The number of hydrogen-bond acceptors (Lipinski definition) is 5. The van der Waals surface area contributed by atoms with Crippen LogP contribution in [0.1, 0.15) is 35.2 Å². The van der Waals surface area contributed by atoms with Gasteiger partial charge in [0.15, 0.2) is 0 Å². The van der Waals surface area contributed by atoms with Gasteiger partial charge in [0.25, 0.3) is 5.91 Å². The van der Waals surface area contributed by atoms with E-state index in [0.29, 0.717) is 43.9 Å². The van der Waals surface area contributed by atoms with E-state index in [1.807, 2.05) is 19.1 Å². The van der Waals surface area contributed by atoms with Crippen molar-refractivity contribution in [3.05, 3.63) is 29.3 Å². The molecule has 2 amide bonds. The maximum absolute atomic E-state index is 12.9. The highest BCUT2D eigenvalue weighted by Crippen LogP contribution is 2.22. The van der Waals surface area contributed by atoms with Gasteiger partial charge >= 0.3 is 5.97 Å². The van der Waals surface area contributed by atoms with Crippen molar-refractivity contribution in [1.82, 2.24) is 9.80 Å². The van der Waals surface area contributed by atoms with Crippen LogP contribution in [0.5, 0.6) is 5.75 Å². The molecule has 1 aromatic rings. The van der Waals surface area contributed by atoms with E-state index in [-0.39, 0.29) is 24.7 Å². The first-order valence-electron chi connectivity index (χ1n) is 8.74. The zero-order chi connectivity index (χ0) is 19.1. The summed E-state index contributed by atoms with van der Waals surface area (Å²) >= 11 is 0. The standard InChI is InChI=1S/C19H26N2O5/c1-14-5-6-16(25-2)15(13-14)19(24)21-10-4-9-20(11-12-21)17(22)7-8-18(23)26-3/h5-6,13H,4,7-12H2,1-3H3. The third-order valence-corrected chi connectivity index (χ3v) is 4.49. The van der Waals surface area contributed by atoms with Crippen LogP contribution < -0.4 is 4.74 Å². The van der Waals surface area contributed by atoms with Gasteiger partial charge in [0.1, 0.15) is 5.75 Å². The van der Waals surface area contributed by atoms with Gasteiger partial charge in [-0.3, -0.25) is 14.4 Å². The molecule has 7 heteroatoms. The van der Waals surface area contributed by atoms with E-state index in [4.69, 9.17) is 4.74 Å². The number of nitrogens with zero attached hydrogens (tertiary/aromatic N) is 2.